The van der Waals surface area contributed by atoms with Gasteiger partial charge < -0.3 is 10.0 Å². The first-order valence-corrected chi connectivity index (χ1v) is 5.49. The SMILES string of the molecule is C=C(C)C1CCC(O)CC1CN(C)C. The number of nitrogens with zero attached hydrogens (tertiary/aromatic N) is 1. The zero-order valence-corrected chi connectivity index (χ0v) is 9.66. The Balaban J connectivity index is 2.59. The van der Waals surface area contributed by atoms with Gasteiger partial charge in [0.15, 0.2) is 0 Å². The second kappa shape index (κ2) is 4.94. The molecule has 82 valence electrons. The van der Waals surface area contributed by atoms with E-state index in [1.165, 1.54) is 5.57 Å². The van der Waals surface area contributed by atoms with Crippen LogP contribution < -0.4 is 0 Å². The van der Waals surface area contributed by atoms with Crippen molar-refractivity contribution in [2.45, 2.75) is 32.3 Å². The molecule has 1 aliphatic rings. The van der Waals surface area contributed by atoms with Gasteiger partial charge in [0.2, 0.25) is 0 Å². The monoisotopic (exact) mass is 197 g/mol. The third kappa shape index (κ3) is 3.10. The van der Waals surface area contributed by atoms with Gasteiger partial charge in [0.25, 0.3) is 0 Å². The maximum absolute atomic E-state index is 9.64. The van der Waals surface area contributed by atoms with Crippen molar-refractivity contribution in [3.63, 3.8) is 0 Å². The Kier molecular flexibility index (Phi) is 4.14. The standard InChI is InChI=1S/C12H23NO/c1-9(2)12-6-5-11(14)7-10(12)8-13(3)4/h10-12,14H,1,5-8H2,2-4H3. The van der Waals surface area contributed by atoms with E-state index in [1.807, 2.05) is 0 Å². The van der Waals surface area contributed by atoms with Gasteiger partial charge in [0, 0.05) is 6.54 Å². The van der Waals surface area contributed by atoms with Crippen LogP contribution in [0.4, 0.5) is 0 Å². The highest BCUT2D eigenvalue weighted by atomic mass is 16.3. The summed E-state index contributed by atoms with van der Waals surface area (Å²) in [6, 6.07) is 0. The van der Waals surface area contributed by atoms with Crippen molar-refractivity contribution in [1.29, 1.82) is 0 Å². The lowest BCUT2D eigenvalue weighted by molar-refractivity contribution is 0.0681. The predicted octanol–water partition coefficient (Wildman–Crippen LogP) is 1.90. The van der Waals surface area contributed by atoms with Crippen LogP contribution in [-0.2, 0) is 0 Å². The molecule has 3 atom stereocenters. The summed E-state index contributed by atoms with van der Waals surface area (Å²) in [6.07, 6.45) is 2.90. The van der Waals surface area contributed by atoms with Gasteiger partial charge in [-0.2, -0.15) is 0 Å². The molecule has 1 rings (SSSR count). The zero-order chi connectivity index (χ0) is 10.7. The van der Waals surface area contributed by atoms with Crippen molar-refractivity contribution in [2.75, 3.05) is 20.6 Å². The lowest BCUT2D eigenvalue weighted by Gasteiger charge is -2.36. The first-order chi connectivity index (χ1) is 6.50. The summed E-state index contributed by atoms with van der Waals surface area (Å²) in [4.78, 5) is 2.21. The molecular weight excluding hydrogens is 174 g/mol. The molecule has 0 aliphatic heterocycles. The van der Waals surface area contributed by atoms with E-state index >= 15 is 0 Å². The van der Waals surface area contributed by atoms with Crippen LogP contribution in [0.15, 0.2) is 12.2 Å². The zero-order valence-electron chi connectivity index (χ0n) is 9.66. The van der Waals surface area contributed by atoms with Gasteiger partial charge in [0.1, 0.15) is 0 Å². The van der Waals surface area contributed by atoms with Crippen LogP contribution in [0, 0.1) is 11.8 Å². The van der Waals surface area contributed by atoms with Crippen molar-refractivity contribution in [3.05, 3.63) is 12.2 Å². The number of allylic oxidation sites excluding steroid dienone is 1. The van der Waals surface area contributed by atoms with Crippen molar-refractivity contribution < 1.29 is 5.11 Å². The summed E-state index contributed by atoms with van der Waals surface area (Å²) >= 11 is 0. The second-order valence-electron chi connectivity index (χ2n) is 4.94. The average molecular weight is 197 g/mol. The number of rotatable bonds is 3. The fourth-order valence-corrected chi connectivity index (χ4v) is 2.56. The number of aliphatic hydroxyl groups excluding tert-OH is 1. The fraction of sp³-hybridized carbons (Fsp3) is 0.833. The van der Waals surface area contributed by atoms with Crippen molar-refractivity contribution in [3.8, 4) is 0 Å². The molecule has 2 nitrogen and oxygen atoms in total. The summed E-state index contributed by atoms with van der Waals surface area (Å²) in [5, 5.41) is 9.64. The van der Waals surface area contributed by atoms with Crippen LogP contribution >= 0.6 is 0 Å². The quantitative estimate of drug-likeness (QED) is 0.699. The molecule has 14 heavy (non-hydrogen) atoms. The molecule has 0 amide bonds. The fourth-order valence-electron chi connectivity index (χ4n) is 2.56. The number of hydrogen-bond donors (Lipinski definition) is 1. The maximum atomic E-state index is 9.64. The minimum absolute atomic E-state index is 0.0875. The summed E-state index contributed by atoms with van der Waals surface area (Å²) in [5.74, 6) is 1.20. The molecule has 1 saturated carbocycles. The van der Waals surface area contributed by atoms with Gasteiger partial charge in [-0.1, -0.05) is 12.2 Å². The molecule has 0 bridgehead atoms. The molecule has 2 heteroatoms. The highest BCUT2D eigenvalue weighted by Crippen LogP contribution is 2.34. The Hall–Kier alpha value is -0.340. The molecule has 0 aromatic carbocycles. The Morgan fingerprint density at radius 1 is 1.43 bits per heavy atom. The summed E-state index contributed by atoms with van der Waals surface area (Å²) in [6.45, 7) is 7.24. The normalized spacial score (nSPS) is 33.4. The van der Waals surface area contributed by atoms with Gasteiger partial charge in [-0.15, -0.1) is 0 Å². The van der Waals surface area contributed by atoms with Crippen LogP contribution in [0.25, 0.3) is 0 Å². The smallest absolute Gasteiger partial charge is 0.0543 e. The third-order valence-corrected chi connectivity index (χ3v) is 3.19. The van der Waals surface area contributed by atoms with E-state index < -0.39 is 0 Å². The van der Waals surface area contributed by atoms with E-state index in [1.54, 1.807) is 0 Å². The molecule has 0 saturated heterocycles. The van der Waals surface area contributed by atoms with Crippen LogP contribution in [0.2, 0.25) is 0 Å². The molecule has 1 N–H and O–H groups in total. The van der Waals surface area contributed by atoms with E-state index in [9.17, 15) is 5.11 Å². The van der Waals surface area contributed by atoms with Crippen molar-refractivity contribution in [2.24, 2.45) is 11.8 Å². The van der Waals surface area contributed by atoms with Crippen LogP contribution in [0.1, 0.15) is 26.2 Å². The van der Waals surface area contributed by atoms with E-state index in [0.717, 1.165) is 25.8 Å². The number of hydrogen-bond acceptors (Lipinski definition) is 2. The highest BCUT2D eigenvalue weighted by molar-refractivity contribution is 5.02. The molecule has 3 unspecified atom stereocenters. The molecule has 0 radical (unpaired) electrons. The highest BCUT2D eigenvalue weighted by Gasteiger charge is 2.29. The molecule has 0 heterocycles. The Morgan fingerprint density at radius 3 is 2.57 bits per heavy atom. The summed E-state index contributed by atoms with van der Waals surface area (Å²) in [7, 11) is 4.19. The van der Waals surface area contributed by atoms with Gasteiger partial charge in [-0.25, -0.2) is 0 Å². The topological polar surface area (TPSA) is 23.5 Å². The summed E-state index contributed by atoms with van der Waals surface area (Å²) < 4.78 is 0. The molecular formula is C12H23NO. The van der Waals surface area contributed by atoms with Gasteiger partial charge in [0.05, 0.1) is 6.10 Å². The Morgan fingerprint density at radius 2 is 2.07 bits per heavy atom. The number of aliphatic hydroxyl groups is 1. The summed E-state index contributed by atoms with van der Waals surface area (Å²) in [5.41, 5.74) is 1.28. The first kappa shape index (κ1) is 11.7. The van der Waals surface area contributed by atoms with Crippen LogP contribution in [-0.4, -0.2) is 36.8 Å². The van der Waals surface area contributed by atoms with E-state index in [0.29, 0.717) is 11.8 Å². The molecule has 0 aromatic heterocycles. The lowest BCUT2D eigenvalue weighted by atomic mass is 9.74. The van der Waals surface area contributed by atoms with Crippen LogP contribution in [0.5, 0.6) is 0 Å². The van der Waals surface area contributed by atoms with Gasteiger partial charge in [-0.05, 0) is 52.1 Å². The Bertz CT molecular complexity index is 198. The minimum Gasteiger partial charge on any atom is -0.393 e. The van der Waals surface area contributed by atoms with Crippen molar-refractivity contribution >= 4 is 0 Å². The third-order valence-electron chi connectivity index (χ3n) is 3.19. The van der Waals surface area contributed by atoms with Gasteiger partial charge in [-0.3, -0.25) is 0 Å². The molecule has 1 aliphatic carbocycles. The first-order valence-electron chi connectivity index (χ1n) is 5.49. The lowest BCUT2D eigenvalue weighted by Crippen LogP contribution is -2.35. The largest absolute Gasteiger partial charge is 0.393 e. The molecule has 0 spiro atoms. The second-order valence-corrected chi connectivity index (χ2v) is 4.94. The van der Waals surface area contributed by atoms with Gasteiger partial charge >= 0.3 is 0 Å². The maximum Gasteiger partial charge on any atom is 0.0543 e. The molecule has 0 aromatic rings. The van der Waals surface area contributed by atoms with Crippen LogP contribution in [0.3, 0.4) is 0 Å². The molecule has 1 fully saturated rings. The Labute approximate surface area is 87.6 Å². The predicted molar refractivity (Wildman–Crippen MR) is 60.2 cm³/mol. The average Bonchev–Trinajstić information content (AvgIpc) is 2.01. The minimum atomic E-state index is -0.0875. The van der Waals surface area contributed by atoms with E-state index in [2.05, 4.69) is 32.5 Å². The van der Waals surface area contributed by atoms with Crippen molar-refractivity contribution in [1.82, 2.24) is 4.90 Å². The van der Waals surface area contributed by atoms with E-state index in [-0.39, 0.29) is 6.10 Å². The van der Waals surface area contributed by atoms with E-state index in [4.69, 9.17) is 0 Å².